The van der Waals surface area contributed by atoms with Crippen LogP contribution in [0.2, 0.25) is 0 Å². The summed E-state index contributed by atoms with van der Waals surface area (Å²) in [6.45, 7) is 0. The quantitative estimate of drug-likeness (QED) is 0.229. The summed E-state index contributed by atoms with van der Waals surface area (Å²) in [4.78, 5) is 10.3. The van der Waals surface area contributed by atoms with E-state index in [1.165, 1.54) is 55.3 Å². The summed E-state index contributed by atoms with van der Waals surface area (Å²) < 4.78 is 2.33. The van der Waals surface area contributed by atoms with Crippen LogP contribution >= 0.6 is 0 Å². The highest BCUT2D eigenvalue weighted by Gasteiger charge is 2.33. The van der Waals surface area contributed by atoms with E-state index >= 15 is 0 Å². The molecule has 0 bridgehead atoms. The zero-order chi connectivity index (χ0) is 22.7. The molecule has 0 saturated heterocycles. The van der Waals surface area contributed by atoms with Gasteiger partial charge in [-0.2, -0.15) is 0 Å². The van der Waals surface area contributed by atoms with Gasteiger partial charge in [-0.25, -0.2) is 4.98 Å². The Morgan fingerprint density at radius 1 is 0.600 bits per heavy atom. The standard InChI is InChI=1S/C32H19N3/c1-3-10-20-18(8-1)16-22-23-17-19-9-2-4-11-21(19)28(23)30-29(27(20)22)31-26(14-7-15-33-31)35-25-13-6-5-12-24(25)34-32(30)35/h1-15H,16-17H2. The third kappa shape index (κ3) is 2.08. The Bertz CT molecular complexity index is 2060. The third-order valence-corrected chi connectivity index (χ3v) is 8.07. The molecule has 3 nitrogen and oxygen atoms in total. The van der Waals surface area contributed by atoms with Gasteiger partial charge in [0.25, 0.3) is 0 Å². The first-order valence-corrected chi connectivity index (χ1v) is 12.2. The molecular formula is C32H19N3. The van der Waals surface area contributed by atoms with Gasteiger partial charge in [0.05, 0.1) is 22.1 Å². The Balaban J connectivity index is 1.65. The van der Waals surface area contributed by atoms with E-state index in [-0.39, 0.29) is 0 Å². The molecular weight excluding hydrogens is 426 g/mol. The van der Waals surface area contributed by atoms with Crippen molar-refractivity contribution in [3.05, 3.63) is 113 Å². The van der Waals surface area contributed by atoms with Crippen LogP contribution in [0.15, 0.2) is 91.1 Å². The lowest BCUT2D eigenvalue weighted by molar-refractivity contribution is 1.17. The number of benzene rings is 4. The van der Waals surface area contributed by atoms with E-state index in [1.807, 2.05) is 12.3 Å². The second kappa shape index (κ2) is 6.13. The molecule has 0 saturated carbocycles. The van der Waals surface area contributed by atoms with Crippen LogP contribution in [0.5, 0.6) is 0 Å². The molecule has 0 radical (unpaired) electrons. The van der Waals surface area contributed by atoms with Crippen molar-refractivity contribution in [1.29, 1.82) is 0 Å². The van der Waals surface area contributed by atoms with Crippen molar-refractivity contribution in [2.45, 2.75) is 12.8 Å². The Hall–Kier alpha value is -4.50. The van der Waals surface area contributed by atoms with Crippen LogP contribution in [0.3, 0.4) is 0 Å². The molecule has 0 aliphatic heterocycles. The van der Waals surface area contributed by atoms with Gasteiger partial charge in [0, 0.05) is 17.0 Å². The number of hydrogen-bond donors (Lipinski definition) is 0. The molecule has 0 amide bonds. The Morgan fingerprint density at radius 3 is 2.00 bits per heavy atom. The fourth-order valence-electron chi connectivity index (χ4n) is 6.72. The summed E-state index contributed by atoms with van der Waals surface area (Å²) >= 11 is 0. The van der Waals surface area contributed by atoms with E-state index in [0.717, 1.165) is 40.6 Å². The van der Waals surface area contributed by atoms with E-state index in [2.05, 4.69) is 83.3 Å². The molecule has 3 aromatic heterocycles. The number of pyridine rings is 2. The minimum atomic E-state index is 0.977. The first-order chi connectivity index (χ1) is 17.4. The lowest BCUT2D eigenvalue weighted by atomic mass is 9.88. The number of rotatable bonds is 0. The van der Waals surface area contributed by atoms with Crippen LogP contribution in [0, 0.1) is 0 Å². The number of imidazole rings is 1. The van der Waals surface area contributed by atoms with Gasteiger partial charge in [-0.3, -0.25) is 9.38 Å². The average molecular weight is 446 g/mol. The van der Waals surface area contributed by atoms with E-state index in [9.17, 15) is 0 Å². The minimum absolute atomic E-state index is 0.977. The predicted molar refractivity (Wildman–Crippen MR) is 142 cm³/mol. The highest BCUT2D eigenvalue weighted by atomic mass is 15.0. The Morgan fingerprint density at radius 2 is 1.23 bits per heavy atom. The maximum atomic E-state index is 5.26. The first kappa shape index (κ1) is 17.9. The molecule has 2 aliphatic carbocycles. The number of hydrogen-bond acceptors (Lipinski definition) is 2. The molecule has 0 spiro atoms. The largest absolute Gasteiger partial charge is 0.290 e. The molecule has 7 aromatic rings. The normalized spacial score (nSPS) is 13.5. The predicted octanol–water partition coefficient (Wildman–Crippen LogP) is 7.33. The molecule has 0 atom stereocenters. The van der Waals surface area contributed by atoms with Crippen molar-refractivity contribution >= 4 is 38.5 Å². The highest BCUT2D eigenvalue weighted by Crippen LogP contribution is 2.53. The van der Waals surface area contributed by atoms with Crippen molar-refractivity contribution in [2.75, 3.05) is 0 Å². The van der Waals surface area contributed by atoms with Crippen molar-refractivity contribution in [2.24, 2.45) is 0 Å². The Labute approximate surface area is 201 Å². The lowest BCUT2D eigenvalue weighted by Crippen LogP contribution is -1.99. The van der Waals surface area contributed by atoms with E-state index < -0.39 is 0 Å². The maximum absolute atomic E-state index is 5.26. The van der Waals surface area contributed by atoms with Crippen LogP contribution in [-0.4, -0.2) is 14.4 Å². The van der Waals surface area contributed by atoms with Gasteiger partial charge >= 0.3 is 0 Å². The van der Waals surface area contributed by atoms with Gasteiger partial charge in [-0.1, -0.05) is 60.7 Å². The SMILES string of the molecule is c1ccc2c(c1)Cc1c3c(c4c(c1-2)c1ncccc1n1c2ccccc2nc41)-c1ccccc1C3. The van der Waals surface area contributed by atoms with E-state index in [0.29, 0.717) is 0 Å². The van der Waals surface area contributed by atoms with Gasteiger partial charge in [0.2, 0.25) is 0 Å². The monoisotopic (exact) mass is 445 g/mol. The molecule has 0 N–H and O–H groups in total. The summed E-state index contributed by atoms with van der Waals surface area (Å²) in [6.07, 6.45) is 3.89. The van der Waals surface area contributed by atoms with E-state index in [1.54, 1.807) is 0 Å². The molecule has 4 aromatic carbocycles. The fraction of sp³-hybridized carbons (Fsp3) is 0.0625. The first-order valence-electron chi connectivity index (χ1n) is 12.2. The molecule has 162 valence electrons. The van der Waals surface area contributed by atoms with Crippen molar-refractivity contribution in [3.63, 3.8) is 0 Å². The van der Waals surface area contributed by atoms with Crippen molar-refractivity contribution in [1.82, 2.24) is 14.4 Å². The summed E-state index contributed by atoms with van der Waals surface area (Å²) in [5.41, 5.74) is 16.5. The number of fused-ring (bicyclic) bond motifs is 17. The van der Waals surface area contributed by atoms with E-state index in [4.69, 9.17) is 9.97 Å². The van der Waals surface area contributed by atoms with Gasteiger partial charge in [-0.05, 0) is 81.6 Å². The molecule has 0 unspecified atom stereocenters. The Kier molecular flexibility index (Phi) is 3.14. The van der Waals surface area contributed by atoms with Crippen LogP contribution in [0.25, 0.3) is 60.7 Å². The molecule has 2 aliphatic rings. The van der Waals surface area contributed by atoms with Gasteiger partial charge in [0.1, 0.15) is 5.65 Å². The second-order valence-corrected chi connectivity index (χ2v) is 9.76. The van der Waals surface area contributed by atoms with Gasteiger partial charge < -0.3 is 0 Å². The number of aromatic nitrogens is 3. The average Bonchev–Trinajstić information content (AvgIpc) is 3.60. The van der Waals surface area contributed by atoms with Crippen LogP contribution in [-0.2, 0) is 12.8 Å². The molecule has 0 fully saturated rings. The van der Waals surface area contributed by atoms with Crippen LogP contribution in [0.1, 0.15) is 22.3 Å². The van der Waals surface area contributed by atoms with Crippen molar-refractivity contribution < 1.29 is 0 Å². The van der Waals surface area contributed by atoms with Crippen molar-refractivity contribution in [3.8, 4) is 22.3 Å². The highest BCUT2D eigenvalue weighted by molar-refractivity contribution is 6.25. The summed E-state index contributed by atoms with van der Waals surface area (Å²) in [7, 11) is 0. The molecule has 3 heterocycles. The third-order valence-electron chi connectivity index (χ3n) is 8.07. The summed E-state index contributed by atoms with van der Waals surface area (Å²) in [6, 6.07) is 30.5. The molecule has 35 heavy (non-hydrogen) atoms. The zero-order valence-corrected chi connectivity index (χ0v) is 18.9. The number of para-hydroxylation sites is 2. The van der Waals surface area contributed by atoms with Gasteiger partial charge in [-0.15, -0.1) is 0 Å². The smallest absolute Gasteiger partial charge is 0.147 e. The summed E-state index contributed by atoms with van der Waals surface area (Å²) in [5, 5.41) is 2.49. The topological polar surface area (TPSA) is 30.2 Å². The fourth-order valence-corrected chi connectivity index (χ4v) is 6.72. The van der Waals surface area contributed by atoms with Gasteiger partial charge in [0.15, 0.2) is 0 Å². The summed E-state index contributed by atoms with van der Waals surface area (Å²) in [5.74, 6) is 0. The zero-order valence-electron chi connectivity index (χ0n) is 18.9. The lowest BCUT2D eigenvalue weighted by Gasteiger charge is -2.17. The number of nitrogens with zero attached hydrogens (tertiary/aromatic N) is 3. The van der Waals surface area contributed by atoms with Crippen LogP contribution < -0.4 is 0 Å². The van der Waals surface area contributed by atoms with Crippen LogP contribution in [0.4, 0.5) is 0 Å². The second-order valence-electron chi connectivity index (χ2n) is 9.76. The molecule has 3 heteroatoms. The minimum Gasteiger partial charge on any atom is -0.290 e. The molecule has 9 rings (SSSR count). The maximum Gasteiger partial charge on any atom is 0.147 e.